The van der Waals surface area contributed by atoms with Crippen molar-refractivity contribution in [2.75, 3.05) is 11.4 Å². The predicted octanol–water partition coefficient (Wildman–Crippen LogP) is 2.50. The summed E-state index contributed by atoms with van der Waals surface area (Å²) in [6, 6.07) is 5.97. The standard InChI is InChI=1S/C15H15N3O4/c1-9-8-13(17-7-3-6-12(17)15(19)20)10-4-2-5-11(18(21)22)14(10)16-9/h2,4-5,8,12H,3,6-7H2,1H3,(H,19,20)/t12-/m0/s1. The maximum absolute atomic E-state index is 11.4. The minimum absolute atomic E-state index is 0.0616. The van der Waals surface area contributed by atoms with E-state index in [1.54, 1.807) is 25.1 Å². The van der Waals surface area contributed by atoms with E-state index in [9.17, 15) is 20.0 Å². The van der Waals surface area contributed by atoms with Crippen LogP contribution in [0.3, 0.4) is 0 Å². The van der Waals surface area contributed by atoms with Crippen molar-refractivity contribution in [1.29, 1.82) is 0 Å². The fraction of sp³-hybridized carbons (Fsp3) is 0.333. The van der Waals surface area contributed by atoms with Gasteiger partial charge in [0.2, 0.25) is 0 Å². The maximum atomic E-state index is 11.4. The SMILES string of the molecule is Cc1cc(N2CCC[C@H]2C(=O)O)c2cccc([N+](=O)[O-])c2n1. The van der Waals surface area contributed by atoms with Gasteiger partial charge in [0.25, 0.3) is 5.69 Å². The van der Waals surface area contributed by atoms with Crippen LogP contribution in [0.5, 0.6) is 0 Å². The monoisotopic (exact) mass is 301 g/mol. The van der Waals surface area contributed by atoms with Crippen LogP contribution in [0.15, 0.2) is 24.3 Å². The lowest BCUT2D eigenvalue weighted by atomic mass is 10.1. The minimum Gasteiger partial charge on any atom is -0.480 e. The van der Waals surface area contributed by atoms with Crippen molar-refractivity contribution in [3.63, 3.8) is 0 Å². The van der Waals surface area contributed by atoms with Crippen molar-refractivity contribution in [2.24, 2.45) is 0 Å². The fourth-order valence-electron chi connectivity index (χ4n) is 3.04. The molecule has 1 aliphatic heterocycles. The van der Waals surface area contributed by atoms with E-state index >= 15 is 0 Å². The number of carboxylic acids is 1. The zero-order valence-corrected chi connectivity index (χ0v) is 12.0. The molecule has 0 aliphatic carbocycles. The average molecular weight is 301 g/mol. The van der Waals surface area contributed by atoms with E-state index in [1.165, 1.54) is 6.07 Å². The second kappa shape index (κ2) is 5.25. The number of nitro benzene ring substituents is 1. The zero-order chi connectivity index (χ0) is 15.9. The molecule has 0 bridgehead atoms. The maximum Gasteiger partial charge on any atom is 0.326 e. The molecule has 0 radical (unpaired) electrons. The number of hydrogen-bond donors (Lipinski definition) is 1. The van der Waals surface area contributed by atoms with Crippen LogP contribution >= 0.6 is 0 Å². The predicted molar refractivity (Wildman–Crippen MR) is 81.1 cm³/mol. The van der Waals surface area contributed by atoms with Crippen LogP contribution in [-0.4, -0.2) is 33.6 Å². The second-order valence-electron chi connectivity index (χ2n) is 5.40. The largest absolute Gasteiger partial charge is 0.480 e. The van der Waals surface area contributed by atoms with Crippen LogP contribution in [0, 0.1) is 17.0 Å². The van der Waals surface area contributed by atoms with Gasteiger partial charge in [-0.25, -0.2) is 9.78 Å². The third-order valence-electron chi connectivity index (χ3n) is 3.97. The molecule has 114 valence electrons. The van der Waals surface area contributed by atoms with Crippen molar-refractivity contribution in [3.8, 4) is 0 Å². The van der Waals surface area contributed by atoms with Crippen LogP contribution in [0.25, 0.3) is 10.9 Å². The van der Waals surface area contributed by atoms with E-state index in [1.807, 2.05) is 4.90 Å². The summed E-state index contributed by atoms with van der Waals surface area (Å²) in [5.41, 5.74) is 1.58. The number of fused-ring (bicyclic) bond motifs is 1. The summed E-state index contributed by atoms with van der Waals surface area (Å²) in [6.07, 6.45) is 1.36. The molecule has 7 nitrogen and oxygen atoms in total. The summed E-state index contributed by atoms with van der Waals surface area (Å²) < 4.78 is 0. The van der Waals surface area contributed by atoms with Crippen LogP contribution in [0.2, 0.25) is 0 Å². The van der Waals surface area contributed by atoms with Gasteiger partial charge in [-0.2, -0.15) is 0 Å². The molecule has 1 N–H and O–H groups in total. The number of aromatic nitrogens is 1. The highest BCUT2D eigenvalue weighted by atomic mass is 16.6. The lowest BCUT2D eigenvalue weighted by molar-refractivity contribution is -0.383. The Morgan fingerprint density at radius 2 is 2.27 bits per heavy atom. The lowest BCUT2D eigenvalue weighted by Gasteiger charge is -2.25. The number of benzene rings is 1. The molecule has 2 aromatic rings. The number of nitrogens with zero attached hydrogens (tertiary/aromatic N) is 3. The number of nitro groups is 1. The third-order valence-corrected chi connectivity index (χ3v) is 3.97. The van der Waals surface area contributed by atoms with Gasteiger partial charge in [0.15, 0.2) is 5.52 Å². The highest BCUT2D eigenvalue weighted by Gasteiger charge is 2.32. The Morgan fingerprint density at radius 3 is 2.95 bits per heavy atom. The molecule has 1 aromatic carbocycles. The zero-order valence-electron chi connectivity index (χ0n) is 12.0. The molecule has 1 fully saturated rings. The van der Waals surface area contributed by atoms with Crippen molar-refractivity contribution in [2.45, 2.75) is 25.8 Å². The van der Waals surface area contributed by atoms with Crippen LogP contribution in [0.1, 0.15) is 18.5 Å². The summed E-state index contributed by atoms with van der Waals surface area (Å²) in [4.78, 5) is 28.2. The molecule has 1 saturated heterocycles. The van der Waals surface area contributed by atoms with E-state index in [-0.39, 0.29) is 5.69 Å². The van der Waals surface area contributed by atoms with Crippen LogP contribution in [0.4, 0.5) is 11.4 Å². The van der Waals surface area contributed by atoms with Crippen molar-refractivity contribution in [3.05, 3.63) is 40.1 Å². The molecule has 0 unspecified atom stereocenters. The first-order chi connectivity index (χ1) is 10.5. The van der Waals surface area contributed by atoms with Crippen LogP contribution in [-0.2, 0) is 4.79 Å². The van der Waals surface area contributed by atoms with E-state index < -0.39 is 16.9 Å². The number of anilines is 1. The first-order valence-electron chi connectivity index (χ1n) is 7.03. The summed E-state index contributed by atoms with van der Waals surface area (Å²) in [5.74, 6) is -0.870. The highest BCUT2D eigenvalue weighted by Crippen LogP contribution is 2.35. The number of aliphatic carboxylic acids is 1. The molecular weight excluding hydrogens is 286 g/mol. The van der Waals surface area contributed by atoms with Gasteiger partial charge in [-0.05, 0) is 25.8 Å². The molecule has 22 heavy (non-hydrogen) atoms. The van der Waals surface area contributed by atoms with Gasteiger partial charge in [0.1, 0.15) is 6.04 Å². The first-order valence-corrected chi connectivity index (χ1v) is 7.03. The normalized spacial score (nSPS) is 17.9. The lowest BCUT2D eigenvalue weighted by Crippen LogP contribution is -2.36. The van der Waals surface area contributed by atoms with E-state index in [2.05, 4.69) is 4.98 Å². The molecule has 0 amide bonds. The number of carboxylic acid groups (broad SMARTS) is 1. The van der Waals surface area contributed by atoms with Crippen LogP contribution < -0.4 is 4.90 Å². The molecular formula is C15H15N3O4. The number of para-hydroxylation sites is 1. The first kappa shape index (κ1) is 14.2. The third kappa shape index (κ3) is 2.24. The van der Waals surface area contributed by atoms with Crippen molar-refractivity contribution >= 4 is 28.2 Å². The molecule has 3 rings (SSSR count). The summed E-state index contributed by atoms with van der Waals surface area (Å²) in [6.45, 7) is 2.38. The Morgan fingerprint density at radius 1 is 1.50 bits per heavy atom. The Balaban J connectivity index is 2.24. The highest BCUT2D eigenvalue weighted by molar-refractivity contribution is 5.98. The number of pyridine rings is 1. The number of rotatable bonds is 3. The number of aryl methyl sites for hydroxylation is 1. The van der Waals surface area contributed by atoms with Crippen molar-refractivity contribution in [1.82, 2.24) is 4.98 Å². The summed E-state index contributed by atoms with van der Waals surface area (Å²) in [7, 11) is 0. The molecule has 1 aliphatic rings. The van der Waals surface area contributed by atoms with Gasteiger partial charge in [0, 0.05) is 29.4 Å². The van der Waals surface area contributed by atoms with Crippen molar-refractivity contribution < 1.29 is 14.8 Å². The Labute approximate surface area is 126 Å². The Hall–Kier alpha value is -2.70. The quantitative estimate of drug-likeness (QED) is 0.691. The number of carbonyl (C=O) groups is 1. The number of non-ortho nitro benzene ring substituents is 1. The Bertz CT molecular complexity index is 775. The molecule has 1 aromatic heterocycles. The summed E-state index contributed by atoms with van der Waals surface area (Å²) in [5, 5.41) is 21.2. The summed E-state index contributed by atoms with van der Waals surface area (Å²) >= 11 is 0. The van der Waals surface area contributed by atoms with E-state index in [0.717, 1.165) is 6.42 Å². The fourth-order valence-corrected chi connectivity index (χ4v) is 3.04. The molecule has 0 spiro atoms. The molecule has 0 saturated carbocycles. The van der Waals surface area contributed by atoms with E-state index in [0.29, 0.717) is 35.2 Å². The molecule has 2 heterocycles. The molecule has 1 atom stereocenters. The minimum atomic E-state index is -0.870. The smallest absolute Gasteiger partial charge is 0.326 e. The van der Waals surface area contributed by atoms with Gasteiger partial charge < -0.3 is 10.0 Å². The topological polar surface area (TPSA) is 96.6 Å². The van der Waals surface area contributed by atoms with Gasteiger partial charge >= 0.3 is 5.97 Å². The second-order valence-corrected chi connectivity index (χ2v) is 5.40. The Kier molecular flexibility index (Phi) is 3.40. The average Bonchev–Trinajstić information content (AvgIpc) is 2.95. The van der Waals surface area contributed by atoms with Gasteiger partial charge in [-0.1, -0.05) is 12.1 Å². The van der Waals surface area contributed by atoms with Gasteiger partial charge in [0.05, 0.1) is 4.92 Å². The molecule has 7 heteroatoms. The van der Waals surface area contributed by atoms with E-state index in [4.69, 9.17) is 0 Å². The van der Waals surface area contributed by atoms with Gasteiger partial charge in [-0.3, -0.25) is 10.1 Å². The van der Waals surface area contributed by atoms with Gasteiger partial charge in [-0.15, -0.1) is 0 Å². The number of hydrogen-bond acceptors (Lipinski definition) is 5.